The van der Waals surface area contributed by atoms with Gasteiger partial charge in [0.15, 0.2) is 0 Å². The molecule has 0 atom stereocenters. The van der Waals surface area contributed by atoms with Gasteiger partial charge in [-0.3, -0.25) is 25.0 Å². The molecular formula is C19H20N4O3. The molecular weight excluding hydrogens is 332 g/mol. The number of amides is 1. The molecule has 1 aromatic heterocycles. The highest BCUT2D eigenvalue weighted by Crippen LogP contribution is 2.11. The zero-order valence-corrected chi connectivity index (χ0v) is 14.7. The van der Waals surface area contributed by atoms with Crippen molar-refractivity contribution >= 4 is 22.8 Å². The van der Waals surface area contributed by atoms with Crippen LogP contribution in [-0.2, 0) is 17.9 Å². The lowest BCUT2D eigenvalue weighted by atomic mass is 10.1. The quantitative estimate of drug-likeness (QED) is 0.665. The smallest absolute Gasteiger partial charge is 0.269 e. The fraction of sp³-hybridized carbons (Fsp3) is 0.211. The predicted molar refractivity (Wildman–Crippen MR) is 99.9 cm³/mol. The van der Waals surface area contributed by atoms with Crippen LogP contribution in [-0.4, -0.2) is 22.6 Å². The summed E-state index contributed by atoms with van der Waals surface area (Å²) in [5.74, 6) is -0.0282. The summed E-state index contributed by atoms with van der Waals surface area (Å²) in [7, 11) is 1.62. The molecule has 2 aromatic carbocycles. The van der Waals surface area contributed by atoms with E-state index in [1.54, 1.807) is 37.4 Å². The van der Waals surface area contributed by atoms with Crippen LogP contribution in [0.4, 0.5) is 5.95 Å². The van der Waals surface area contributed by atoms with Crippen LogP contribution in [0.15, 0.2) is 53.3 Å². The van der Waals surface area contributed by atoms with Gasteiger partial charge in [0.05, 0.1) is 17.5 Å². The Labute approximate surface area is 150 Å². The molecule has 0 fully saturated rings. The lowest BCUT2D eigenvalue weighted by Crippen LogP contribution is -2.34. The third kappa shape index (κ3) is 3.57. The number of methoxy groups -OCH3 is 1. The van der Waals surface area contributed by atoms with Crippen LogP contribution in [0.2, 0.25) is 0 Å². The number of anilines is 1. The van der Waals surface area contributed by atoms with Crippen LogP contribution < -0.4 is 16.4 Å². The van der Waals surface area contributed by atoms with Crippen LogP contribution in [0.3, 0.4) is 0 Å². The second kappa shape index (κ2) is 7.79. The summed E-state index contributed by atoms with van der Waals surface area (Å²) in [6, 6.07) is 14.2. The molecule has 2 N–H and O–H groups in total. The van der Waals surface area contributed by atoms with Gasteiger partial charge in [-0.2, -0.15) is 0 Å². The number of fused-ring (bicyclic) bond motifs is 1. The van der Waals surface area contributed by atoms with Gasteiger partial charge < -0.3 is 4.74 Å². The van der Waals surface area contributed by atoms with Crippen LogP contribution in [0.5, 0.6) is 0 Å². The van der Waals surface area contributed by atoms with Gasteiger partial charge >= 0.3 is 0 Å². The Hall–Kier alpha value is -3.19. The van der Waals surface area contributed by atoms with E-state index in [0.29, 0.717) is 35.6 Å². The second-order valence-corrected chi connectivity index (χ2v) is 5.71. The van der Waals surface area contributed by atoms with Crippen LogP contribution in [0.1, 0.15) is 22.8 Å². The fourth-order valence-electron chi connectivity index (χ4n) is 2.66. The molecule has 0 aliphatic heterocycles. The van der Waals surface area contributed by atoms with Gasteiger partial charge in [-0.15, -0.1) is 0 Å². The van der Waals surface area contributed by atoms with Crippen molar-refractivity contribution in [2.75, 3.05) is 12.5 Å². The highest BCUT2D eigenvalue weighted by molar-refractivity contribution is 5.94. The first kappa shape index (κ1) is 17.6. The Morgan fingerprint density at radius 1 is 1.15 bits per heavy atom. The van der Waals surface area contributed by atoms with Crippen LogP contribution in [0.25, 0.3) is 10.9 Å². The first-order valence-corrected chi connectivity index (χ1v) is 8.28. The number of nitrogens with zero attached hydrogens (tertiary/aromatic N) is 2. The molecule has 1 amide bonds. The van der Waals surface area contributed by atoms with Crippen molar-refractivity contribution in [3.63, 3.8) is 0 Å². The summed E-state index contributed by atoms with van der Waals surface area (Å²) >= 11 is 0. The van der Waals surface area contributed by atoms with E-state index >= 15 is 0 Å². The molecule has 0 aliphatic carbocycles. The minimum absolute atomic E-state index is 0.154. The Morgan fingerprint density at radius 3 is 2.58 bits per heavy atom. The van der Waals surface area contributed by atoms with Crippen molar-refractivity contribution in [1.29, 1.82) is 0 Å². The Kier molecular flexibility index (Phi) is 5.28. The highest BCUT2D eigenvalue weighted by atomic mass is 16.5. The highest BCUT2D eigenvalue weighted by Gasteiger charge is 2.11. The van der Waals surface area contributed by atoms with Crippen molar-refractivity contribution < 1.29 is 9.53 Å². The molecule has 0 radical (unpaired) electrons. The number of carbonyl (C=O) groups excluding carboxylic acids is 1. The van der Waals surface area contributed by atoms with Gasteiger partial charge in [-0.25, -0.2) is 4.98 Å². The van der Waals surface area contributed by atoms with Gasteiger partial charge in [-0.1, -0.05) is 24.3 Å². The van der Waals surface area contributed by atoms with E-state index in [4.69, 9.17) is 4.74 Å². The van der Waals surface area contributed by atoms with Crippen LogP contribution in [0, 0.1) is 0 Å². The van der Waals surface area contributed by atoms with E-state index in [0.717, 1.165) is 5.56 Å². The third-order valence-electron chi connectivity index (χ3n) is 3.99. The molecule has 1 heterocycles. The number of ether oxygens (including phenoxy) is 1. The Morgan fingerprint density at radius 2 is 1.88 bits per heavy atom. The monoisotopic (exact) mass is 352 g/mol. The summed E-state index contributed by atoms with van der Waals surface area (Å²) in [6.07, 6.45) is 0. The van der Waals surface area contributed by atoms with Crippen molar-refractivity contribution in [2.45, 2.75) is 20.1 Å². The SMILES string of the molecule is CCn1c(NNC(=O)c2ccc(COC)cc2)nc2ccccc2c1=O. The van der Waals surface area contributed by atoms with Gasteiger partial charge in [0.2, 0.25) is 5.95 Å². The van der Waals surface area contributed by atoms with E-state index in [9.17, 15) is 9.59 Å². The molecule has 0 spiro atoms. The summed E-state index contributed by atoms with van der Waals surface area (Å²) < 4.78 is 6.53. The van der Waals surface area contributed by atoms with E-state index in [-0.39, 0.29) is 11.5 Å². The number of benzene rings is 2. The summed E-state index contributed by atoms with van der Waals surface area (Å²) in [6.45, 7) is 2.77. The van der Waals surface area contributed by atoms with Gasteiger partial charge in [0.25, 0.3) is 11.5 Å². The van der Waals surface area contributed by atoms with Crippen molar-refractivity contribution in [2.24, 2.45) is 0 Å². The number of hydrogen-bond acceptors (Lipinski definition) is 5. The molecule has 134 valence electrons. The summed E-state index contributed by atoms with van der Waals surface area (Å²) in [4.78, 5) is 29.3. The van der Waals surface area contributed by atoms with Crippen molar-refractivity contribution in [3.8, 4) is 0 Å². The van der Waals surface area contributed by atoms with Gasteiger partial charge in [0.1, 0.15) is 0 Å². The maximum absolute atomic E-state index is 12.6. The van der Waals surface area contributed by atoms with E-state index in [2.05, 4.69) is 15.8 Å². The minimum atomic E-state index is -0.320. The number of hydrazine groups is 1. The molecule has 7 heteroatoms. The zero-order chi connectivity index (χ0) is 18.5. The summed E-state index contributed by atoms with van der Waals surface area (Å²) in [5.41, 5.74) is 7.24. The first-order chi connectivity index (χ1) is 12.6. The fourth-order valence-corrected chi connectivity index (χ4v) is 2.66. The molecule has 26 heavy (non-hydrogen) atoms. The Balaban J connectivity index is 1.80. The largest absolute Gasteiger partial charge is 0.380 e. The number of aromatic nitrogens is 2. The van der Waals surface area contributed by atoms with Gasteiger partial charge in [-0.05, 0) is 36.8 Å². The minimum Gasteiger partial charge on any atom is -0.380 e. The zero-order valence-electron chi connectivity index (χ0n) is 14.7. The van der Waals surface area contributed by atoms with Crippen LogP contribution >= 0.6 is 0 Å². The topological polar surface area (TPSA) is 85.2 Å². The molecule has 3 aromatic rings. The third-order valence-corrected chi connectivity index (χ3v) is 3.99. The number of carbonyl (C=O) groups is 1. The summed E-state index contributed by atoms with van der Waals surface area (Å²) in [5, 5.41) is 0.542. The standard InChI is InChI=1S/C19H20N4O3/c1-3-23-18(25)15-6-4-5-7-16(15)20-19(23)22-21-17(24)14-10-8-13(9-11-14)12-26-2/h4-11H,3,12H2,1-2H3,(H,20,22)(H,21,24). The normalized spacial score (nSPS) is 10.7. The first-order valence-electron chi connectivity index (χ1n) is 8.28. The molecule has 0 bridgehead atoms. The van der Waals surface area contributed by atoms with E-state index in [1.165, 1.54) is 4.57 Å². The Bertz CT molecular complexity index is 980. The number of hydrogen-bond donors (Lipinski definition) is 2. The lowest BCUT2D eigenvalue weighted by molar-refractivity contribution is 0.0962. The molecule has 0 saturated heterocycles. The van der Waals surface area contributed by atoms with Crippen molar-refractivity contribution in [3.05, 3.63) is 70.0 Å². The lowest BCUT2D eigenvalue weighted by Gasteiger charge is -2.14. The van der Waals surface area contributed by atoms with Crippen molar-refractivity contribution in [1.82, 2.24) is 15.0 Å². The van der Waals surface area contributed by atoms with E-state index in [1.807, 2.05) is 25.1 Å². The molecule has 0 unspecified atom stereocenters. The number of para-hydroxylation sites is 1. The maximum atomic E-state index is 12.6. The molecule has 0 aliphatic rings. The number of rotatable bonds is 6. The van der Waals surface area contributed by atoms with E-state index < -0.39 is 0 Å². The molecule has 7 nitrogen and oxygen atoms in total. The average Bonchev–Trinajstić information content (AvgIpc) is 2.67. The average molecular weight is 352 g/mol. The molecule has 0 saturated carbocycles. The van der Waals surface area contributed by atoms with Gasteiger partial charge in [0, 0.05) is 19.2 Å². The maximum Gasteiger partial charge on any atom is 0.269 e. The predicted octanol–water partition coefficient (Wildman–Crippen LogP) is 2.32. The second-order valence-electron chi connectivity index (χ2n) is 5.71. The number of nitrogens with one attached hydrogen (secondary N) is 2. The molecule has 3 rings (SSSR count).